The third-order valence-electron chi connectivity index (χ3n) is 3.03. The van der Waals surface area contributed by atoms with Crippen molar-refractivity contribution in [2.45, 2.75) is 0 Å². The van der Waals surface area contributed by atoms with Crippen LogP contribution in [0.2, 0.25) is 0 Å². The van der Waals surface area contributed by atoms with Gasteiger partial charge in [-0.05, 0) is 30.3 Å². The van der Waals surface area contributed by atoms with Crippen molar-refractivity contribution in [3.05, 3.63) is 66.4 Å². The summed E-state index contributed by atoms with van der Waals surface area (Å²) in [5, 5.41) is 11.9. The highest BCUT2D eigenvalue weighted by Gasteiger charge is 2.06. The Balaban J connectivity index is 1.80. The number of aromatic carboxylic acids is 1. The largest absolute Gasteiger partial charge is 0.478 e. The standard InChI is InChI=1S/C16H11FN4O2/c17-14-6-2-5-13(21-14)11-8-18-16(19-9-11)20-12-4-1-3-10(7-12)15(22)23/h1-9H,(H,22,23)(H,18,19,20). The minimum atomic E-state index is -1.01. The van der Waals surface area contributed by atoms with Gasteiger partial charge in [-0.15, -0.1) is 0 Å². The van der Waals surface area contributed by atoms with Gasteiger partial charge in [0, 0.05) is 23.6 Å². The summed E-state index contributed by atoms with van der Waals surface area (Å²) in [4.78, 5) is 22.9. The van der Waals surface area contributed by atoms with Gasteiger partial charge in [0.2, 0.25) is 11.9 Å². The second kappa shape index (κ2) is 6.18. The van der Waals surface area contributed by atoms with Gasteiger partial charge < -0.3 is 10.4 Å². The normalized spacial score (nSPS) is 10.3. The van der Waals surface area contributed by atoms with Gasteiger partial charge in [0.05, 0.1) is 11.3 Å². The lowest BCUT2D eigenvalue weighted by Crippen LogP contribution is -2.00. The van der Waals surface area contributed by atoms with Gasteiger partial charge in [-0.3, -0.25) is 0 Å². The van der Waals surface area contributed by atoms with E-state index in [0.717, 1.165) is 0 Å². The van der Waals surface area contributed by atoms with Crippen LogP contribution >= 0.6 is 0 Å². The van der Waals surface area contributed by atoms with E-state index in [-0.39, 0.29) is 5.56 Å². The zero-order valence-electron chi connectivity index (χ0n) is 11.8. The first-order valence-electron chi connectivity index (χ1n) is 6.67. The van der Waals surface area contributed by atoms with Crippen molar-refractivity contribution in [1.29, 1.82) is 0 Å². The summed E-state index contributed by atoms with van der Waals surface area (Å²) < 4.78 is 13.1. The van der Waals surface area contributed by atoms with Crippen molar-refractivity contribution in [3.63, 3.8) is 0 Å². The van der Waals surface area contributed by atoms with Crippen molar-refractivity contribution in [1.82, 2.24) is 15.0 Å². The molecule has 0 atom stereocenters. The van der Waals surface area contributed by atoms with Crippen LogP contribution < -0.4 is 5.32 Å². The summed E-state index contributed by atoms with van der Waals surface area (Å²) in [6.07, 6.45) is 3.02. The quantitative estimate of drug-likeness (QED) is 0.720. The van der Waals surface area contributed by atoms with Crippen molar-refractivity contribution in [2.75, 3.05) is 5.32 Å². The second-order valence-corrected chi connectivity index (χ2v) is 4.65. The summed E-state index contributed by atoms with van der Waals surface area (Å²) in [6, 6.07) is 10.8. The fourth-order valence-corrected chi connectivity index (χ4v) is 1.95. The number of nitrogens with zero attached hydrogens (tertiary/aromatic N) is 3. The Morgan fingerprint density at radius 2 is 1.83 bits per heavy atom. The van der Waals surface area contributed by atoms with Gasteiger partial charge in [-0.2, -0.15) is 4.39 Å². The van der Waals surface area contributed by atoms with E-state index in [1.165, 1.54) is 30.6 Å². The molecule has 2 heterocycles. The predicted molar refractivity (Wildman–Crippen MR) is 81.9 cm³/mol. The van der Waals surface area contributed by atoms with E-state index in [9.17, 15) is 9.18 Å². The van der Waals surface area contributed by atoms with Crippen LogP contribution in [0.3, 0.4) is 0 Å². The third-order valence-corrected chi connectivity index (χ3v) is 3.03. The number of aromatic nitrogens is 3. The molecule has 23 heavy (non-hydrogen) atoms. The average Bonchev–Trinajstić information content (AvgIpc) is 2.56. The number of benzene rings is 1. The molecule has 2 N–H and O–H groups in total. The Bertz CT molecular complexity index is 853. The lowest BCUT2D eigenvalue weighted by atomic mass is 10.2. The van der Waals surface area contributed by atoms with Crippen LogP contribution in [0.5, 0.6) is 0 Å². The minimum Gasteiger partial charge on any atom is -0.478 e. The van der Waals surface area contributed by atoms with Crippen LogP contribution in [0.15, 0.2) is 54.9 Å². The van der Waals surface area contributed by atoms with E-state index in [0.29, 0.717) is 22.9 Å². The number of pyridine rings is 1. The maximum absolute atomic E-state index is 13.1. The molecule has 0 radical (unpaired) electrons. The number of hydrogen-bond acceptors (Lipinski definition) is 5. The van der Waals surface area contributed by atoms with Gasteiger partial charge in [0.15, 0.2) is 0 Å². The zero-order valence-corrected chi connectivity index (χ0v) is 11.8. The van der Waals surface area contributed by atoms with Gasteiger partial charge in [-0.1, -0.05) is 12.1 Å². The molecule has 3 aromatic rings. The number of carboxylic acids is 1. The molecule has 0 saturated carbocycles. The number of carbonyl (C=O) groups is 1. The highest BCUT2D eigenvalue weighted by molar-refractivity contribution is 5.89. The number of carboxylic acid groups (broad SMARTS) is 1. The molecule has 7 heteroatoms. The van der Waals surface area contributed by atoms with Crippen LogP contribution in [0.25, 0.3) is 11.3 Å². The second-order valence-electron chi connectivity index (χ2n) is 4.65. The highest BCUT2D eigenvalue weighted by Crippen LogP contribution is 2.18. The number of anilines is 2. The van der Waals surface area contributed by atoms with Crippen LogP contribution in [-0.4, -0.2) is 26.0 Å². The predicted octanol–water partition coefficient (Wildman–Crippen LogP) is 3.12. The zero-order chi connectivity index (χ0) is 16.2. The number of halogens is 1. The van der Waals surface area contributed by atoms with E-state index in [1.54, 1.807) is 24.3 Å². The maximum Gasteiger partial charge on any atom is 0.335 e. The van der Waals surface area contributed by atoms with Gasteiger partial charge in [0.1, 0.15) is 0 Å². The molecule has 0 spiro atoms. The Morgan fingerprint density at radius 3 is 2.52 bits per heavy atom. The Hall–Kier alpha value is -3.35. The molecule has 0 unspecified atom stereocenters. The number of hydrogen-bond donors (Lipinski definition) is 2. The molecular formula is C16H11FN4O2. The molecule has 114 valence electrons. The first kappa shape index (κ1) is 14.6. The van der Waals surface area contributed by atoms with Crippen molar-refractivity contribution in [2.24, 2.45) is 0 Å². The van der Waals surface area contributed by atoms with Gasteiger partial charge in [-0.25, -0.2) is 19.7 Å². The minimum absolute atomic E-state index is 0.163. The number of nitrogens with one attached hydrogen (secondary N) is 1. The molecule has 0 aliphatic carbocycles. The van der Waals surface area contributed by atoms with Crippen molar-refractivity contribution >= 4 is 17.6 Å². The van der Waals surface area contributed by atoms with Crippen molar-refractivity contribution < 1.29 is 14.3 Å². The van der Waals surface area contributed by atoms with Gasteiger partial charge >= 0.3 is 5.97 Å². The fourth-order valence-electron chi connectivity index (χ4n) is 1.95. The summed E-state index contributed by atoms with van der Waals surface area (Å²) in [5.41, 5.74) is 1.73. The first-order valence-corrected chi connectivity index (χ1v) is 6.67. The first-order chi connectivity index (χ1) is 11.1. The van der Waals surface area contributed by atoms with Gasteiger partial charge in [0.25, 0.3) is 0 Å². The van der Waals surface area contributed by atoms with E-state index < -0.39 is 11.9 Å². The fraction of sp³-hybridized carbons (Fsp3) is 0. The maximum atomic E-state index is 13.1. The molecule has 0 amide bonds. The molecule has 2 aromatic heterocycles. The van der Waals surface area contributed by atoms with Crippen LogP contribution in [-0.2, 0) is 0 Å². The molecule has 0 fully saturated rings. The molecule has 0 bridgehead atoms. The topological polar surface area (TPSA) is 88.0 Å². The molecule has 6 nitrogen and oxygen atoms in total. The third kappa shape index (κ3) is 3.46. The van der Waals surface area contributed by atoms with Crippen LogP contribution in [0, 0.1) is 5.95 Å². The SMILES string of the molecule is O=C(O)c1cccc(Nc2ncc(-c3cccc(F)n3)cn2)c1. The van der Waals surface area contributed by atoms with E-state index >= 15 is 0 Å². The Labute approximate surface area is 130 Å². The molecular weight excluding hydrogens is 299 g/mol. The van der Waals surface area contributed by atoms with E-state index in [1.807, 2.05) is 0 Å². The Kier molecular flexibility index (Phi) is 3.92. The van der Waals surface area contributed by atoms with E-state index in [4.69, 9.17) is 5.11 Å². The van der Waals surface area contributed by atoms with Crippen LogP contribution in [0.4, 0.5) is 16.0 Å². The van der Waals surface area contributed by atoms with E-state index in [2.05, 4.69) is 20.3 Å². The smallest absolute Gasteiger partial charge is 0.335 e. The molecule has 1 aromatic carbocycles. The summed E-state index contributed by atoms with van der Waals surface area (Å²) in [7, 11) is 0. The molecule has 3 rings (SSSR count). The lowest BCUT2D eigenvalue weighted by molar-refractivity contribution is 0.0697. The van der Waals surface area contributed by atoms with Crippen LogP contribution in [0.1, 0.15) is 10.4 Å². The summed E-state index contributed by atoms with van der Waals surface area (Å²) in [6.45, 7) is 0. The lowest BCUT2D eigenvalue weighted by Gasteiger charge is -2.06. The number of rotatable bonds is 4. The summed E-state index contributed by atoms with van der Waals surface area (Å²) >= 11 is 0. The summed E-state index contributed by atoms with van der Waals surface area (Å²) in [5.74, 6) is -1.29. The Morgan fingerprint density at radius 1 is 1.09 bits per heavy atom. The highest BCUT2D eigenvalue weighted by atomic mass is 19.1. The molecule has 0 aliphatic heterocycles. The monoisotopic (exact) mass is 310 g/mol. The average molecular weight is 310 g/mol. The van der Waals surface area contributed by atoms with Crippen molar-refractivity contribution in [3.8, 4) is 11.3 Å². The molecule has 0 saturated heterocycles. The molecule has 0 aliphatic rings.